The van der Waals surface area contributed by atoms with Crippen molar-refractivity contribution < 1.29 is 28.9 Å². The molecule has 2 heterocycles. The number of aryl methyl sites for hydroxylation is 1. The number of rotatable bonds is 7. The van der Waals surface area contributed by atoms with Crippen molar-refractivity contribution in [2.45, 2.75) is 32.7 Å². The van der Waals surface area contributed by atoms with Crippen LogP contribution in [-0.4, -0.2) is 36.6 Å². The molecule has 3 aromatic rings. The van der Waals surface area contributed by atoms with Crippen LogP contribution in [0.4, 0.5) is 5.69 Å². The molecule has 7 heteroatoms. The van der Waals surface area contributed by atoms with Crippen LogP contribution in [0.1, 0.15) is 43.0 Å². The molecule has 0 radical (unpaired) electrons. The number of carbonyl (C=O) groups excluding carboxylic acids is 2. The molecule has 1 amide bonds. The average Bonchev–Trinajstić information content (AvgIpc) is 3.19. The highest BCUT2D eigenvalue weighted by Crippen LogP contribution is 2.44. The van der Waals surface area contributed by atoms with Crippen LogP contribution in [-0.2, 0) is 16.0 Å². The van der Waals surface area contributed by atoms with E-state index in [0.29, 0.717) is 48.1 Å². The van der Waals surface area contributed by atoms with E-state index in [9.17, 15) is 14.7 Å². The molecule has 1 unspecified atom stereocenters. The molecule has 0 spiro atoms. The number of benzene rings is 3. The van der Waals surface area contributed by atoms with Gasteiger partial charge < -0.3 is 19.3 Å². The van der Waals surface area contributed by atoms with Crippen LogP contribution in [0, 0.1) is 0 Å². The first-order chi connectivity index (χ1) is 18.0. The lowest BCUT2D eigenvalue weighted by Crippen LogP contribution is -2.29. The van der Waals surface area contributed by atoms with Crippen molar-refractivity contribution >= 4 is 23.1 Å². The average molecular weight is 500 g/mol. The van der Waals surface area contributed by atoms with E-state index in [2.05, 4.69) is 0 Å². The van der Waals surface area contributed by atoms with Crippen molar-refractivity contribution in [2.24, 2.45) is 0 Å². The number of anilines is 1. The highest BCUT2D eigenvalue weighted by atomic mass is 16.5. The molecule has 3 aromatic carbocycles. The molecule has 37 heavy (non-hydrogen) atoms. The summed E-state index contributed by atoms with van der Waals surface area (Å²) in [6.07, 6.45) is 1.69. The molecular formula is C30H29NO6. The minimum absolute atomic E-state index is 0.0251. The van der Waals surface area contributed by atoms with Gasteiger partial charge in [0.1, 0.15) is 23.0 Å². The summed E-state index contributed by atoms with van der Waals surface area (Å²) >= 11 is 0. The number of Topliss-reactive ketones (excluding diaryl/α,β-unsaturated/α-hetero) is 1. The summed E-state index contributed by atoms with van der Waals surface area (Å²) in [6.45, 7) is 5.35. The molecule has 0 aromatic heterocycles. The van der Waals surface area contributed by atoms with Gasteiger partial charge in [0.25, 0.3) is 11.7 Å². The largest absolute Gasteiger partial charge is 0.507 e. The van der Waals surface area contributed by atoms with Crippen LogP contribution >= 0.6 is 0 Å². The topological polar surface area (TPSA) is 85.3 Å². The molecule has 2 aliphatic heterocycles. The number of carbonyl (C=O) groups is 2. The summed E-state index contributed by atoms with van der Waals surface area (Å²) in [7, 11) is 0. The molecule has 1 N–H and O–H groups in total. The van der Waals surface area contributed by atoms with Gasteiger partial charge in [0.2, 0.25) is 0 Å². The van der Waals surface area contributed by atoms with E-state index in [4.69, 9.17) is 14.2 Å². The van der Waals surface area contributed by atoms with E-state index in [1.165, 1.54) is 4.90 Å². The Morgan fingerprint density at radius 2 is 1.70 bits per heavy atom. The number of nitrogens with zero attached hydrogens (tertiary/aromatic N) is 1. The number of ether oxygens (including phenoxy) is 3. The van der Waals surface area contributed by atoms with Crippen LogP contribution in [0.3, 0.4) is 0 Å². The highest BCUT2D eigenvalue weighted by Gasteiger charge is 2.47. The van der Waals surface area contributed by atoms with Gasteiger partial charge >= 0.3 is 0 Å². The van der Waals surface area contributed by atoms with Gasteiger partial charge in [-0.25, -0.2) is 0 Å². The van der Waals surface area contributed by atoms with Crippen molar-refractivity contribution in [3.05, 3.63) is 89.0 Å². The van der Waals surface area contributed by atoms with Crippen molar-refractivity contribution in [3.63, 3.8) is 0 Å². The fourth-order valence-electron chi connectivity index (χ4n) is 4.91. The zero-order valence-electron chi connectivity index (χ0n) is 20.9. The summed E-state index contributed by atoms with van der Waals surface area (Å²) < 4.78 is 17.0. The molecule has 0 aliphatic carbocycles. The Labute approximate surface area is 215 Å². The lowest BCUT2D eigenvalue weighted by molar-refractivity contribution is -0.132. The molecule has 1 fully saturated rings. The third-order valence-corrected chi connectivity index (χ3v) is 6.52. The van der Waals surface area contributed by atoms with Gasteiger partial charge in [-0.1, -0.05) is 18.2 Å². The van der Waals surface area contributed by atoms with E-state index < -0.39 is 17.7 Å². The van der Waals surface area contributed by atoms with E-state index in [0.717, 1.165) is 24.2 Å². The second-order valence-electron chi connectivity index (χ2n) is 8.88. The number of aliphatic hydroxyl groups excluding tert-OH is 1. The smallest absolute Gasteiger partial charge is 0.300 e. The normalized spacial score (nSPS) is 18.3. The Bertz CT molecular complexity index is 1380. The number of fused-ring (bicyclic) bond motifs is 1. The molecule has 1 saturated heterocycles. The Kier molecular flexibility index (Phi) is 6.86. The van der Waals surface area contributed by atoms with E-state index >= 15 is 0 Å². The number of amides is 1. The van der Waals surface area contributed by atoms with Gasteiger partial charge in [-0.15, -0.1) is 0 Å². The number of aliphatic hydroxyl groups is 1. The standard InChI is InChI=1S/C30H29NO6/c1-3-35-23-11-5-8-20(17-23)27-26(28(32)21-13-14-25-19(16-21)9-7-15-37-25)29(33)30(34)31(27)22-10-6-12-24(18-22)36-4-2/h5-6,8,10-14,16-18,27,32H,3-4,7,9,15H2,1-2H3/b28-26-. The first-order valence-corrected chi connectivity index (χ1v) is 12.5. The minimum atomic E-state index is -0.857. The Morgan fingerprint density at radius 1 is 0.973 bits per heavy atom. The highest BCUT2D eigenvalue weighted by molar-refractivity contribution is 6.51. The predicted octanol–water partition coefficient (Wildman–Crippen LogP) is 5.44. The maximum Gasteiger partial charge on any atom is 0.300 e. The molecule has 2 aliphatic rings. The lowest BCUT2D eigenvalue weighted by atomic mass is 9.93. The van der Waals surface area contributed by atoms with Crippen LogP contribution in [0.25, 0.3) is 5.76 Å². The third kappa shape index (κ3) is 4.65. The van der Waals surface area contributed by atoms with Crippen LogP contribution in [0.5, 0.6) is 17.2 Å². The number of ketones is 1. The molecule has 5 rings (SSSR count). The Hall–Kier alpha value is -4.26. The maximum atomic E-state index is 13.5. The third-order valence-electron chi connectivity index (χ3n) is 6.52. The lowest BCUT2D eigenvalue weighted by Gasteiger charge is -2.26. The first-order valence-electron chi connectivity index (χ1n) is 12.5. The predicted molar refractivity (Wildman–Crippen MR) is 140 cm³/mol. The van der Waals surface area contributed by atoms with E-state index in [1.54, 1.807) is 42.5 Å². The molecule has 0 saturated carbocycles. The van der Waals surface area contributed by atoms with Gasteiger partial charge in [-0.3, -0.25) is 14.5 Å². The molecule has 190 valence electrons. The zero-order valence-corrected chi connectivity index (χ0v) is 20.9. The quantitative estimate of drug-likeness (QED) is 0.265. The number of hydrogen-bond acceptors (Lipinski definition) is 6. The second kappa shape index (κ2) is 10.4. The molecule has 0 bridgehead atoms. The van der Waals surface area contributed by atoms with Gasteiger partial charge in [0.15, 0.2) is 0 Å². The summed E-state index contributed by atoms with van der Waals surface area (Å²) in [6, 6.07) is 18.8. The SMILES string of the molecule is CCOc1cccc(C2/C(=C(/O)c3ccc4c(c3)CCCO4)C(=O)C(=O)N2c2cccc(OCC)c2)c1. The van der Waals surface area contributed by atoms with Crippen LogP contribution in [0.2, 0.25) is 0 Å². The van der Waals surface area contributed by atoms with Gasteiger partial charge in [0, 0.05) is 17.3 Å². The second-order valence-corrected chi connectivity index (χ2v) is 8.88. The summed E-state index contributed by atoms with van der Waals surface area (Å²) in [5.74, 6) is 0.278. The van der Waals surface area contributed by atoms with Crippen molar-refractivity contribution in [3.8, 4) is 17.2 Å². The van der Waals surface area contributed by atoms with Gasteiger partial charge in [-0.2, -0.15) is 0 Å². The Balaban J connectivity index is 1.68. The van der Waals surface area contributed by atoms with Crippen LogP contribution in [0.15, 0.2) is 72.3 Å². The maximum absolute atomic E-state index is 13.5. The van der Waals surface area contributed by atoms with Crippen molar-refractivity contribution in [1.29, 1.82) is 0 Å². The zero-order chi connectivity index (χ0) is 25.9. The fraction of sp³-hybridized carbons (Fsp3) is 0.267. The molecule has 7 nitrogen and oxygen atoms in total. The Morgan fingerprint density at radius 3 is 2.46 bits per heavy atom. The van der Waals surface area contributed by atoms with Gasteiger partial charge in [0.05, 0.1) is 31.4 Å². The fourth-order valence-corrected chi connectivity index (χ4v) is 4.91. The van der Waals surface area contributed by atoms with Gasteiger partial charge in [-0.05, 0) is 80.3 Å². The van der Waals surface area contributed by atoms with Crippen molar-refractivity contribution in [1.82, 2.24) is 0 Å². The van der Waals surface area contributed by atoms with E-state index in [-0.39, 0.29) is 11.3 Å². The minimum Gasteiger partial charge on any atom is -0.507 e. The van der Waals surface area contributed by atoms with E-state index in [1.807, 2.05) is 38.1 Å². The summed E-state index contributed by atoms with van der Waals surface area (Å²) in [5.41, 5.74) is 2.60. The van der Waals surface area contributed by atoms with Crippen LogP contribution < -0.4 is 19.1 Å². The number of hydrogen-bond donors (Lipinski definition) is 1. The monoisotopic (exact) mass is 499 g/mol. The first kappa shape index (κ1) is 24.4. The van der Waals surface area contributed by atoms with Crippen molar-refractivity contribution in [2.75, 3.05) is 24.7 Å². The summed E-state index contributed by atoms with van der Waals surface area (Å²) in [5, 5.41) is 11.5. The summed E-state index contributed by atoms with van der Waals surface area (Å²) in [4.78, 5) is 28.4. The molecular weight excluding hydrogens is 470 g/mol. The molecule has 1 atom stereocenters.